The molecule has 0 fully saturated rings. The number of nitrogens with zero attached hydrogens (tertiary/aromatic N) is 2. The lowest BCUT2D eigenvalue weighted by Gasteiger charge is -2.10. The molecule has 0 saturated carbocycles. The quantitative estimate of drug-likeness (QED) is 0.273. The third-order valence-corrected chi connectivity index (χ3v) is 4.36. The van der Waals surface area contributed by atoms with Crippen LogP contribution in [0.2, 0.25) is 0 Å². The molecule has 3 aromatic carbocycles. The molecule has 0 radical (unpaired) electrons. The molecule has 0 spiro atoms. The van der Waals surface area contributed by atoms with E-state index in [0.29, 0.717) is 27.2 Å². The van der Waals surface area contributed by atoms with Gasteiger partial charge >= 0.3 is 12.4 Å². The molecule has 28 heavy (non-hydrogen) atoms. The molecule has 142 valence electrons. The minimum atomic E-state index is -4.46. The second kappa shape index (κ2) is 6.19. The van der Waals surface area contributed by atoms with E-state index in [0.717, 1.165) is 24.3 Å². The van der Waals surface area contributed by atoms with E-state index in [2.05, 4.69) is 9.97 Å². The van der Waals surface area contributed by atoms with Crippen LogP contribution in [-0.4, -0.2) is 9.97 Å². The van der Waals surface area contributed by atoms with Crippen LogP contribution in [0.1, 0.15) is 11.1 Å². The molecule has 0 saturated heterocycles. The molecular formula is C20H10F6N2. The summed E-state index contributed by atoms with van der Waals surface area (Å²) in [5.74, 6) is 0.189. The summed E-state index contributed by atoms with van der Waals surface area (Å²) in [7, 11) is 0. The summed E-state index contributed by atoms with van der Waals surface area (Å²) in [5.41, 5.74) is -0.756. The van der Waals surface area contributed by atoms with Gasteiger partial charge < -0.3 is 0 Å². The fraction of sp³-hybridized carbons (Fsp3) is 0.100. The first kappa shape index (κ1) is 18.2. The normalized spacial score (nSPS) is 12.6. The second-order valence-corrected chi connectivity index (χ2v) is 6.21. The SMILES string of the molecule is FC(F)(F)c1ccc(-c2ncc3ccc4cc(C(F)(F)F)ccc4c3n2)cc1. The zero-order valence-electron chi connectivity index (χ0n) is 13.9. The molecule has 4 aromatic rings. The van der Waals surface area contributed by atoms with Crippen molar-refractivity contribution < 1.29 is 26.3 Å². The highest BCUT2D eigenvalue weighted by Gasteiger charge is 2.31. The minimum Gasteiger partial charge on any atom is -0.236 e. The van der Waals surface area contributed by atoms with Crippen LogP contribution in [0.15, 0.2) is 60.8 Å². The molecule has 0 aliphatic carbocycles. The van der Waals surface area contributed by atoms with Crippen LogP contribution in [-0.2, 0) is 12.4 Å². The van der Waals surface area contributed by atoms with E-state index >= 15 is 0 Å². The van der Waals surface area contributed by atoms with Crippen molar-refractivity contribution in [2.45, 2.75) is 12.4 Å². The maximum absolute atomic E-state index is 12.9. The summed E-state index contributed by atoms with van der Waals surface area (Å²) in [6.07, 6.45) is -7.41. The van der Waals surface area contributed by atoms with Gasteiger partial charge in [0.1, 0.15) is 0 Å². The number of alkyl halides is 6. The zero-order chi connectivity index (χ0) is 20.1. The zero-order valence-corrected chi connectivity index (χ0v) is 13.9. The first-order valence-corrected chi connectivity index (χ1v) is 8.07. The summed E-state index contributed by atoms with van der Waals surface area (Å²) < 4.78 is 76.9. The predicted octanol–water partition coefficient (Wildman–Crippen LogP) is 6.49. The molecule has 0 atom stereocenters. The number of hydrogen-bond acceptors (Lipinski definition) is 2. The molecule has 0 bridgehead atoms. The van der Waals surface area contributed by atoms with Crippen LogP contribution >= 0.6 is 0 Å². The van der Waals surface area contributed by atoms with Gasteiger partial charge in [-0.05, 0) is 29.7 Å². The van der Waals surface area contributed by atoms with E-state index in [1.165, 1.54) is 24.4 Å². The van der Waals surface area contributed by atoms with E-state index in [1.807, 2.05) is 0 Å². The van der Waals surface area contributed by atoms with Crippen molar-refractivity contribution in [1.29, 1.82) is 0 Å². The third kappa shape index (κ3) is 3.26. The molecule has 4 rings (SSSR count). The molecule has 0 unspecified atom stereocenters. The van der Waals surface area contributed by atoms with Gasteiger partial charge in [-0.1, -0.05) is 30.3 Å². The standard InChI is InChI=1S/C20H10F6N2/c21-19(22,23)14-5-3-11(4-6-14)18-27-10-13-2-1-12-9-15(20(24,25)26)7-8-16(12)17(13)28-18/h1-10H. The van der Waals surface area contributed by atoms with Crippen molar-refractivity contribution in [3.63, 3.8) is 0 Å². The van der Waals surface area contributed by atoms with Crippen LogP contribution in [0.5, 0.6) is 0 Å². The average Bonchev–Trinajstić information content (AvgIpc) is 2.65. The Kier molecular flexibility index (Phi) is 4.02. The maximum Gasteiger partial charge on any atom is 0.416 e. The van der Waals surface area contributed by atoms with Gasteiger partial charge in [-0.25, -0.2) is 9.97 Å². The largest absolute Gasteiger partial charge is 0.416 e. The fourth-order valence-electron chi connectivity index (χ4n) is 2.95. The molecule has 8 heteroatoms. The van der Waals surface area contributed by atoms with Gasteiger partial charge in [-0.15, -0.1) is 0 Å². The van der Waals surface area contributed by atoms with Crippen molar-refractivity contribution in [2.24, 2.45) is 0 Å². The van der Waals surface area contributed by atoms with Gasteiger partial charge in [-0.2, -0.15) is 26.3 Å². The highest BCUT2D eigenvalue weighted by Crippen LogP contribution is 2.34. The highest BCUT2D eigenvalue weighted by molar-refractivity contribution is 6.05. The summed E-state index contributed by atoms with van der Waals surface area (Å²) in [6, 6.07) is 10.9. The van der Waals surface area contributed by atoms with Crippen molar-refractivity contribution in [3.8, 4) is 11.4 Å². The average molecular weight is 392 g/mol. The Morgan fingerprint density at radius 3 is 1.89 bits per heavy atom. The summed E-state index contributed by atoms with van der Waals surface area (Å²) in [4.78, 5) is 8.54. The Hall–Kier alpha value is -3.16. The molecule has 0 aliphatic heterocycles. The Morgan fingerprint density at radius 2 is 1.25 bits per heavy atom. The molecule has 1 aromatic heterocycles. The van der Waals surface area contributed by atoms with E-state index in [-0.39, 0.29) is 5.82 Å². The molecule has 2 nitrogen and oxygen atoms in total. The topological polar surface area (TPSA) is 25.8 Å². The number of aromatic nitrogens is 2. The van der Waals surface area contributed by atoms with E-state index in [9.17, 15) is 26.3 Å². The van der Waals surface area contributed by atoms with Gasteiger partial charge in [0.25, 0.3) is 0 Å². The monoisotopic (exact) mass is 392 g/mol. The van der Waals surface area contributed by atoms with Crippen molar-refractivity contribution in [3.05, 3.63) is 71.9 Å². The van der Waals surface area contributed by atoms with Crippen molar-refractivity contribution in [2.75, 3.05) is 0 Å². The number of rotatable bonds is 1. The van der Waals surface area contributed by atoms with E-state index < -0.39 is 23.5 Å². The fourth-order valence-corrected chi connectivity index (χ4v) is 2.95. The van der Waals surface area contributed by atoms with Crippen molar-refractivity contribution >= 4 is 21.7 Å². The number of hydrogen-bond donors (Lipinski definition) is 0. The molecule has 0 amide bonds. The summed E-state index contributed by atoms with van der Waals surface area (Å²) in [5, 5.41) is 1.48. The van der Waals surface area contributed by atoms with Crippen LogP contribution in [0.25, 0.3) is 33.1 Å². The van der Waals surface area contributed by atoms with Crippen LogP contribution in [0.3, 0.4) is 0 Å². The molecule has 1 heterocycles. The Balaban J connectivity index is 1.84. The minimum absolute atomic E-state index is 0.189. The lowest BCUT2D eigenvalue weighted by atomic mass is 10.0. The number of fused-ring (bicyclic) bond motifs is 3. The van der Waals surface area contributed by atoms with E-state index in [1.54, 1.807) is 12.1 Å². The van der Waals surface area contributed by atoms with Crippen LogP contribution in [0, 0.1) is 0 Å². The van der Waals surface area contributed by atoms with Crippen molar-refractivity contribution in [1.82, 2.24) is 9.97 Å². The highest BCUT2D eigenvalue weighted by atomic mass is 19.4. The summed E-state index contributed by atoms with van der Waals surface area (Å²) in [6.45, 7) is 0. The van der Waals surface area contributed by atoms with Gasteiger partial charge in [0, 0.05) is 22.5 Å². The number of benzene rings is 3. The first-order valence-electron chi connectivity index (χ1n) is 8.07. The van der Waals surface area contributed by atoms with Gasteiger partial charge in [0.05, 0.1) is 16.6 Å². The van der Waals surface area contributed by atoms with Crippen LogP contribution in [0.4, 0.5) is 26.3 Å². The Bertz CT molecular complexity index is 1180. The Labute approximate surface area is 154 Å². The van der Waals surface area contributed by atoms with Gasteiger partial charge in [0.15, 0.2) is 5.82 Å². The first-order chi connectivity index (χ1) is 13.1. The maximum atomic E-state index is 12.9. The molecule has 0 N–H and O–H groups in total. The summed E-state index contributed by atoms with van der Waals surface area (Å²) >= 11 is 0. The Morgan fingerprint density at radius 1 is 0.643 bits per heavy atom. The second-order valence-electron chi connectivity index (χ2n) is 6.21. The lowest BCUT2D eigenvalue weighted by molar-refractivity contribution is -0.138. The van der Waals surface area contributed by atoms with Gasteiger partial charge in [-0.3, -0.25) is 0 Å². The predicted molar refractivity (Wildman–Crippen MR) is 92.5 cm³/mol. The van der Waals surface area contributed by atoms with Gasteiger partial charge in [0.2, 0.25) is 0 Å². The molecule has 0 aliphatic rings. The lowest BCUT2D eigenvalue weighted by Crippen LogP contribution is -2.04. The smallest absolute Gasteiger partial charge is 0.236 e. The number of halogens is 6. The van der Waals surface area contributed by atoms with E-state index in [4.69, 9.17) is 0 Å². The third-order valence-electron chi connectivity index (χ3n) is 4.36. The van der Waals surface area contributed by atoms with Crippen LogP contribution < -0.4 is 0 Å². The molecular weight excluding hydrogens is 382 g/mol.